The number of hydrogen-bond donors (Lipinski definition) is 1. The predicted molar refractivity (Wildman–Crippen MR) is 138 cm³/mol. The molecule has 2 aromatic heterocycles. The van der Waals surface area contributed by atoms with Crippen molar-refractivity contribution in [2.75, 3.05) is 0 Å². The number of nitrogens with zero attached hydrogens (tertiary/aromatic N) is 3. The summed E-state index contributed by atoms with van der Waals surface area (Å²) in [5.74, 6) is 0.534. The molecule has 0 saturated heterocycles. The minimum atomic E-state index is -0.0857. The lowest BCUT2D eigenvalue weighted by Gasteiger charge is -2.08. The van der Waals surface area contributed by atoms with Crippen molar-refractivity contribution in [3.8, 4) is 17.3 Å². The highest BCUT2D eigenvalue weighted by atomic mass is 35.5. The Kier molecular flexibility index (Phi) is 6.57. The van der Waals surface area contributed by atoms with Crippen molar-refractivity contribution in [3.63, 3.8) is 0 Å². The first-order valence-electron chi connectivity index (χ1n) is 11.2. The first-order valence-corrected chi connectivity index (χ1v) is 11.9. The maximum Gasteiger partial charge on any atom is 0.308 e. The van der Waals surface area contributed by atoms with E-state index in [4.69, 9.17) is 32.6 Å². The molecule has 5 aromatic rings. The Bertz CT molecular complexity index is 1510. The van der Waals surface area contributed by atoms with Crippen molar-refractivity contribution < 1.29 is 9.21 Å². The third kappa shape index (κ3) is 5.09. The number of para-hydroxylation sites is 2. The largest absolute Gasteiger partial charge is 0.427 e. The molecule has 6 nitrogen and oxygen atoms in total. The number of aromatic nitrogens is 3. The Morgan fingerprint density at radius 1 is 1.03 bits per heavy atom. The molecular formula is C27H22Cl2N4O2. The summed E-state index contributed by atoms with van der Waals surface area (Å²) >= 11 is 12.2. The summed E-state index contributed by atoms with van der Waals surface area (Å²) in [5.41, 5.74) is 5.33. The van der Waals surface area contributed by atoms with Crippen LogP contribution in [0.4, 0.5) is 0 Å². The molecule has 3 aromatic carbocycles. The number of halogens is 2. The molecule has 35 heavy (non-hydrogen) atoms. The lowest BCUT2D eigenvalue weighted by molar-refractivity contribution is -0.121. The van der Waals surface area contributed by atoms with Gasteiger partial charge in [-0.05, 0) is 54.4 Å². The molecule has 0 aliphatic rings. The molecule has 0 aliphatic heterocycles. The Hall–Kier alpha value is -3.61. The van der Waals surface area contributed by atoms with Crippen LogP contribution in [0.2, 0.25) is 10.0 Å². The van der Waals surface area contributed by atoms with Gasteiger partial charge in [0.15, 0.2) is 0 Å². The van der Waals surface area contributed by atoms with Crippen LogP contribution in [0.3, 0.4) is 0 Å². The van der Waals surface area contributed by atoms with Crippen LogP contribution in [0, 0.1) is 6.92 Å². The van der Waals surface area contributed by atoms with E-state index in [1.807, 2.05) is 73.7 Å². The average molecular weight is 505 g/mol. The number of fused-ring (bicyclic) bond motifs is 1. The predicted octanol–water partition coefficient (Wildman–Crippen LogP) is 6.54. The monoisotopic (exact) mass is 504 g/mol. The van der Waals surface area contributed by atoms with Crippen LogP contribution < -0.4 is 5.32 Å². The number of hydrogen-bond acceptors (Lipinski definition) is 4. The van der Waals surface area contributed by atoms with Crippen LogP contribution in [0.5, 0.6) is 0 Å². The second-order valence-corrected chi connectivity index (χ2v) is 9.10. The van der Waals surface area contributed by atoms with Crippen LogP contribution in [0.25, 0.3) is 28.3 Å². The van der Waals surface area contributed by atoms with E-state index in [-0.39, 0.29) is 12.3 Å². The molecule has 0 bridgehead atoms. The molecule has 2 heterocycles. The van der Waals surface area contributed by atoms with E-state index in [1.54, 1.807) is 10.9 Å². The molecule has 0 fully saturated rings. The molecular weight excluding hydrogens is 483 g/mol. The fraction of sp³-hybridized carbons (Fsp3) is 0.148. The summed E-state index contributed by atoms with van der Waals surface area (Å²) in [5, 5.41) is 4.25. The fourth-order valence-corrected chi connectivity index (χ4v) is 4.22. The highest BCUT2D eigenvalue weighted by molar-refractivity contribution is 6.30. The number of nitrogens with one attached hydrogen (secondary N) is 1. The van der Waals surface area contributed by atoms with Crippen molar-refractivity contribution in [2.24, 2.45) is 0 Å². The zero-order chi connectivity index (χ0) is 24.4. The van der Waals surface area contributed by atoms with Crippen LogP contribution in [0.15, 0.2) is 77.5 Å². The molecule has 8 heteroatoms. The number of benzene rings is 3. The van der Waals surface area contributed by atoms with Gasteiger partial charge in [0.05, 0.1) is 11.0 Å². The van der Waals surface area contributed by atoms with Gasteiger partial charge in [0.1, 0.15) is 17.8 Å². The van der Waals surface area contributed by atoms with Gasteiger partial charge in [-0.25, -0.2) is 4.98 Å². The number of imidazole rings is 1. The molecule has 5 rings (SSSR count). The topological polar surface area (TPSA) is 73.0 Å². The quantitative estimate of drug-likeness (QED) is 0.273. The zero-order valence-electron chi connectivity index (χ0n) is 19.0. The molecule has 0 unspecified atom stereocenters. The zero-order valence-corrected chi connectivity index (χ0v) is 20.5. The highest BCUT2D eigenvalue weighted by Gasteiger charge is 2.19. The fourth-order valence-electron chi connectivity index (χ4n) is 3.90. The molecule has 176 valence electrons. The van der Waals surface area contributed by atoms with Gasteiger partial charge in [-0.3, -0.25) is 9.36 Å². The summed E-state index contributed by atoms with van der Waals surface area (Å²) in [6, 6.07) is 21.2. The summed E-state index contributed by atoms with van der Waals surface area (Å²) in [4.78, 5) is 21.8. The second kappa shape index (κ2) is 9.94. The first kappa shape index (κ1) is 23.1. The van der Waals surface area contributed by atoms with Gasteiger partial charge in [-0.2, -0.15) is 4.98 Å². The number of amides is 1. The van der Waals surface area contributed by atoms with Gasteiger partial charge < -0.3 is 9.73 Å². The van der Waals surface area contributed by atoms with Crippen LogP contribution in [-0.4, -0.2) is 20.4 Å². The molecule has 0 saturated carbocycles. The first-order chi connectivity index (χ1) is 17.0. The van der Waals surface area contributed by atoms with Crippen molar-refractivity contribution in [1.29, 1.82) is 0 Å². The van der Waals surface area contributed by atoms with Gasteiger partial charge in [-0.1, -0.05) is 53.5 Å². The smallest absolute Gasteiger partial charge is 0.308 e. The third-order valence-electron chi connectivity index (χ3n) is 5.83. The van der Waals surface area contributed by atoms with Crippen LogP contribution >= 0.6 is 23.2 Å². The van der Waals surface area contributed by atoms with Crippen LogP contribution in [0.1, 0.15) is 23.3 Å². The minimum absolute atomic E-state index is 0.0857. The molecule has 1 amide bonds. The van der Waals surface area contributed by atoms with E-state index in [2.05, 4.69) is 10.3 Å². The number of carbonyl (C=O) groups excluding carboxylic acids is 1. The van der Waals surface area contributed by atoms with E-state index in [1.165, 1.54) is 0 Å². The Morgan fingerprint density at radius 2 is 1.80 bits per heavy atom. The van der Waals surface area contributed by atoms with Crippen LogP contribution in [-0.2, 0) is 17.8 Å². The van der Waals surface area contributed by atoms with E-state index in [0.717, 1.165) is 27.7 Å². The molecule has 0 aliphatic carbocycles. The molecule has 0 spiro atoms. The summed E-state index contributed by atoms with van der Waals surface area (Å²) in [7, 11) is 0. The van der Waals surface area contributed by atoms with E-state index in [0.29, 0.717) is 40.5 Å². The molecule has 0 radical (unpaired) electrons. The van der Waals surface area contributed by atoms with E-state index >= 15 is 0 Å². The Labute approximate surface area is 212 Å². The van der Waals surface area contributed by atoms with Gasteiger partial charge in [0.2, 0.25) is 5.91 Å². The van der Waals surface area contributed by atoms with E-state index < -0.39 is 0 Å². The van der Waals surface area contributed by atoms with Crippen molar-refractivity contribution in [1.82, 2.24) is 19.9 Å². The third-order valence-corrected chi connectivity index (χ3v) is 6.32. The number of carbonyl (C=O) groups is 1. The average Bonchev–Trinajstić information content (AvgIpc) is 3.48. The number of oxazole rings is 1. The van der Waals surface area contributed by atoms with Gasteiger partial charge in [0, 0.05) is 35.0 Å². The normalized spacial score (nSPS) is 11.2. The standard InChI is InChI=1S/C27H22Cl2N4O2/c1-17-6-9-21(29)14-19(17)15-30-25(34)13-12-24-26(18-7-10-20(28)11-8-18)32-27(35-24)33-16-31-22-4-2-3-5-23(22)33/h2-11,14,16H,12-13,15H2,1H3,(H,30,34). The highest BCUT2D eigenvalue weighted by Crippen LogP contribution is 2.29. The summed E-state index contributed by atoms with van der Waals surface area (Å²) < 4.78 is 7.99. The lowest BCUT2D eigenvalue weighted by atomic mass is 10.1. The summed E-state index contributed by atoms with van der Waals surface area (Å²) in [6.07, 6.45) is 2.32. The van der Waals surface area contributed by atoms with Gasteiger partial charge in [-0.15, -0.1) is 0 Å². The second-order valence-electron chi connectivity index (χ2n) is 8.23. The lowest BCUT2D eigenvalue weighted by Crippen LogP contribution is -2.23. The maximum absolute atomic E-state index is 12.6. The Balaban J connectivity index is 1.38. The van der Waals surface area contributed by atoms with Gasteiger partial charge >= 0.3 is 6.01 Å². The van der Waals surface area contributed by atoms with Crippen molar-refractivity contribution >= 4 is 40.1 Å². The van der Waals surface area contributed by atoms with Crippen molar-refractivity contribution in [3.05, 3.63) is 100.0 Å². The van der Waals surface area contributed by atoms with Gasteiger partial charge in [0.25, 0.3) is 0 Å². The van der Waals surface area contributed by atoms with E-state index in [9.17, 15) is 4.79 Å². The summed E-state index contributed by atoms with van der Waals surface area (Å²) in [6.45, 7) is 2.41. The van der Waals surface area contributed by atoms with Crippen molar-refractivity contribution in [2.45, 2.75) is 26.3 Å². The maximum atomic E-state index is 12.6. The SMILES string of the molecule is Cc1ccc(Cl)cc1CNC(=O)CCc1oc(-n2cnc3ccccc32)nc1-c1ccc(Cl)cc1. The molecule has 0 atom stereocenters. The number of rotatable bonds is 7. The molecule has 1 N–H and O–H groups in total. The number of aryl methyl sites for hydroxylation is 2. The minimum Gasteiger partial charge on any atom is -0.427 e. The Morgan fingerprint density at radius 3 is 2.63 bits per heavy atom.